The predicted octanol–water partition coefficient (Wildman–Crippen LogP) is 3.56. The van der Waals surface area contributed by atoms with Crippen molar-refractivity contribution in [2.75, 3.05) is 13.2 Å². The first-order valence-electron chi connectivity index (χ1n) is 18.2. The summed E-state index contributed by atoms with van der Waals surface area (Å²) in [6, 6.07) is 28.3. The van der Waals surface area contributed by atoms with Crippen molar-refractivity contribution in [2.45, 2.75) is 109 Å². The van der Waals surface area contributed by atoms with Gasteiger partial charge >= 0.3 is 23.9 Å². The summed E-state index contributed by atoms with van der Waals surface area (Å²) in [5.41, 5.74) is 2.58. The molecule has 1 N–H and O–H groups in total. The van der Waals surface area contributed by atoms with Crippen LogP contribution in [-0.2, 0) is 86.4 Å². The molecule has 0 spiro atoms. The van der Waals surface area contributed by atoms with Crippen molar-refractivity contribution in [3.05, 3.63) is 108 Å². The summed E-state index contributed by atoms with van der Waals surface area (Å²) in [6.45, 7) is 4.21. The van der Waals surface area contributed by atoms with Crippen molar-refractivity contribution < 1.29 is 71.7 Å². The minimum atomic E-state index is -1.52. The van der Waals surface area contributed by atoms with Crippen molar-refractivity contribution in [2.24, 2.45) is 0 Å². The number of benzene rings is 3. The van der Waals surface area contributed by atoms with Crippen LogP contribution in [0, 0.1) is 0 Å². The standard InChI is InChI=1S/C41H48O15/c1-25(42)47-23-33(52-26(2)43)35-37(53-27(3)44)39(54-28(4)45)41(56-35)51-24-32-34(48-20-29-14-8-5-9-15-29)36(49-21-30-16-10-6-11-17-30)38(40(46)55-32)50-22-31-18-12-7-13-19-31/h5-19,32-41,46H,20-24H2,1-4H3/t32-,33+,34-,35+,36+,37+,38+,39-,40+,41-/m1/s1. The molecule has 2 fully saturated rings. The third kappa shape index (κ3) is 12.4. The number of ether oxygens (including phenoxy) is 10. The van der Waals surface area contributed by atoms with Gasteiger partial charge in [0.25, 0.3) is 0 Å². The lowest BCUT2D eigenvalue weighted by Gasteiger charge is -2.44. The Morgan fingerprint density at radius 3 is 1.54 bits per heavy atom. The van der Waals surface area contributed by atoms with Gasteiger partial charge in [0.1, 0.15) is 37.1 Å². The molecule has 302 valence electrons. The van der Waals surface area contributed by atoms with E-state index in [1.54, 1.807) is 0 Å². The highest BCUT2D eigenvalue weighted by molar-refractivity contribution is 5.68. The molecule has 5 rings (SSSR count). The first-order valence-corrected chi connectivity index (χ1v) is 18.2. The SMILES string of the molecule is CC(=O)OC[C@H](OC(C)=O)[C@@H]1O[C@@H](OC[C@H]2O[C@H](O)[C@@H](OCc3ccccc3)[C@@H](OCc3ccccc3)[C@@H]2OCc2ccccc2)[C@H](OC(C)=O)[C@H]1OC(C)=O. The Morgan fingerprint density at radius 1 is 0.571 bits per heavy atom. The second kappa shape index (κ2) is 21.0. The molecule has 10 atom stereocenters. The van der Waals surface area contributed by atoms with E-state index < -0.39 is 91.9 Å². The van der Waals surface area contributed by atoms with Crippen LogP contribution < -0.4 is 0 Å². The Labute approximate surface area is 325 Å². The van der Waals surface area contributed by atoms with Crippen molar-refractivity contribution >= 4 is 23.9 Å². The quantitative estimate of drug-likeness (QED) is 0.146. The van der Waals surface area contributed by atoms with Crippen LogP contribution in [0.2, 0.25) is 0 Å². The molecule has 3 aromatic rings. The van der Waals surface area contributed by atoms with Crippen LogP contribution in [0.15, 0.2) is 91.0 Å². The lowest BCUT2D eigenvalue weighted by molar-refractivity contribution is -0.323. The van der Waals surface area contributed by atoms with Crippen LogP contribution >= 0.6 is 0 Å². The molecule has 15 nitrogen and oxygen atoms in total. The number of carbonyl (C=O) groups excluding carboxylic acids is 4. The van der Waals surface area contributed by atoms with Crippen molar-refractivity contribution in [1.29, 1.82) is 0 Å². The number of hydrogen-bond donors (Lipinski definition) is 1. The number of aliphatic hydroxyl groups excluding tert-OH is 1. The van der Waals surface area contributed by atoms with Crippen LogP contribution in [0.5, 0.6) is 0 Å². The lowest BCUT2D eigenvalue weighted by atomic mass is 9.98. The number of rotatable bonds is 18. The third-order valence-corrected chi connectivity index (χ3v) is 8.84. The fourth-order valence-electron chi connectivity index (χ4n) is 6.42. The predicted molar refractivity (Wildman–Crippen MR) is 194 cm³/mol. The topological polar surface area (TPSA) is 181 Å². The Hall–Kier alpha value is -4.74. The van der Waals surface area contributed by atoms with Gasteiger partial charge in [0.05, 0.1) is 26.4 Å². The van der Waals surface area contributed by atoms with Gasteiger partial charge < -0.3 is 52.5 Å². The van der Waals surface area contributed by atoms with Crippen LogP contribution in [0.25, 0.3) is 0 Å². The van der Waals surface area contributed by atoms with Gasteiger partial charge in [-0.1, -0.05) is 91.0 Å². The molecule has 0 aliphatic carbocycles. The Morgan fingerprint density at radius 2 is 1.05 bits per heavy atom. The zero-order valence-corrected chi connectivity index (χ0v) is 31.6. The zero-order valence-electron chi connectivity index (χ0n) is 31.6. The summed E-state index contributed by atoms with van der Waals surface area (Å²) in [5.74, 6) is -2.92. The van der Waals surface area contributed by atoms with E-state index >= 15 is 0 Å². The number of hydrogen-bond acceptors (Lipinski definition) is 15. The minimum absolute atomic E-state index is 0.130. The lowest BCUT2D eigenvalue weighted by Crippen LogP contribution is -2.61. The third-order valence-electron chi connectivity index (χ3n) is 8.84. The molecule has 0 unspecified atom stereocenters. The van der Waals surface area contributed by atoms with E-state index in [4.69, 9.17) is 47.4 Å². The number of esters is 4. The highest BCUT2D eigenvalue weighted by atomic mass is 16.8. The second-order valence-corrected chi connectivity index (χ2v) is 13.2. The molecule has 2 aliphatic heterocycles. The molecular weight excluding hydrogens is 732 g/mol. The first-order chi connectivity index (χ1) is 27.0. The summed E-state index contributed by atoms with van der Waals surface area (Å²) >= 11 is 0. The van der Waals surface area contributed by atoms with Gasteiger partial charge in [-0.25, -0.2) is 0 Å². The average Bonchev–Trinajstić information content (AvgIpc) is 3.49. The van der Waals surface area contributed by atoms with E-state index in [-0.39, 0.29) is 26.4 Å². The first kappa shape index (κ1) is 42.4. The molecule has 0 aromatic heterocycles. The Balaban J connectivity index is 1.44. The molecule has 2 heterocycles. The van der Waals surface area contributed by atoms with E-state index in [1.807, 2.05) is 91.0 Å². The fraction of sp³-hybridized carbons (Fsp3) is 0.463. The molecule has 0 amide bonds. The highest BCUT2D eigenvalue weighted by Gasteiger charge is 2.55. The largest absolute Gasteiger partial charge is 0.462 e. The number of carbonyl (C=O) groups is 4. The summed E-state index contributed by atoms with van der Waals surface area (Å²) in [4.78, 5) is 48.5. The van der Waals surface area contributed by atoms with Gasteiger partial charge in [-0.05, 0) is 16.7 Å². The maximum atomic E-state index is 12.4. The smallest absolute Gasteiger partial charge is 0.303 e. The van der Waals surface area contributed by atoms with E-state index in [1.165, 1.54) is 6.92 Å². The van der Waals surface area contributed by atoms with Crippen molar-refractivity contribution in [1.82, 2.24) is 0 Å². The summed E-state index contributed by atoms with van der Waals surface area (Å²) in [6.07, 6.45) is -12.2. The monoisotopic (exact) mass is 780 g/mol. The van der Waals surface area contributed by atoms with Crippen LogP contribution in [0.4, 0.5) is 0 Å². The van der Waals surface area contributed by atoms with Crippen LogP contribution in [0.1, 0.15) is 44.4 Å². The van der Waals surface area contributed by atoms with Crippen LogP contribution in [-0.4, -0.2) is 104 Å². The van der Waals surface area contributed by atoms with Crippen molar-refractivity contribution in [3.8, 4) is 0 Å². The molecule has 0 radical (unpaired) electrons. The Bertz CT molecular complexity index is 1690. The average molecular weight is 781 g/mol. The molecule has 15 heteroatoms. The van der Waals surface area contributed by atoms with Gasteiger partial charge in [0, 0.05) is 27.7 Å². The highest BCUT2D eigenvalue weighted by Crippen LogP contribution is 2.34. The van der Waals surface area contributed by atoms with Gasteiger partial charge in [0.15, 0.2) is 30.9 Å². The summed E-state index contributed by atoms with van der Waals surface area (Å²) in [7, 11) is 0. The Kier molecular flexibility index (Phi) is 15.9. The maximum Gasteiger partial charge on any atom is 0.303 e. The molecule has 2 aliphatic rings. The second-order valence-electron chi connectivity index (χ2n) is 13.2. The van der Waals surface area contributed by atoms with Gasteiger partial charge in [-0.2, -0.15) is 0 Å². The minimum Gasteiger partial charge on any atom is -0.462 e. The zero-order chi connectivity index (χ0) is 40.0. The summed E-state index contributed by atoms with van der Waals surface area (Å²) < 4.78 is 59.5. The van der Waals surface area contributed by atoms with Crippen molar-refractivity contribution in [3.63, 3.8) is 0 Å². The number of aliphatic hydroxyl groups is 1. The molecule has 56 heavy (non-hydrogen) atoms. The van der Waals surface area contributed by atoms with E-state index in [2.05, 4.69) is 0 Å². The van der Waals surface area contributed by atoms with E-state index in [0.717, 1.165) is 37.5 Å². The van der Waals surface area contributed by atoms with E-state index in [0.29, 0.717) is 0 Å². The van der Waals surface area contributed by atoms with E-state index in [9.17, 15) is 24.3 Å². The molecule has 2 saturated heterocycles. The molecule has 0 bridgehead atoms. The molecular formula is C41H48O15. The summed E-state index contributed by atoms with van der Waals surface area (Å²) in [5, 5.41) is 11.5. The molecule has 3 aromatic carbocycles. The molecule has 0 saturated carbocycles. The maximum absolute atomic E-state index is 12.4. The van der Waals surface area contributed by atoms with Gasteiger partial charge in [0.2, 0.25) is 0 Å². The van der Waals surface area contributed by atoms with Crippen LogP contribution in [0.3, 0.4) is 0 Å². The van der Waals surface area contributed by atoms with Gasteiger partial charge in [-0.3, -0.25) is 19.2 Å². The van der Waals surface area contributed by atoms with Gasteiger partial charge in [-0.15, -0.1) is 0 Å². The normalized spacial score (nSPS) is 26.5. The fourth-order valence-corrected chi connectivity index (χ4v) is 6.42.